The second kappa shape index (κ2) is 5.71. The molecule has 0 saturated heterocycles. The highest BCUT2D eigenvalue weighted by molar-refractivity contribution is 6.07. The van der Waals surface area contributed by atoms with Crippen molar-refractivity contribution in [3.05, 3.63) is 59.4 Å². The number of hydrogen-bond acceptors (Lipinski definition) is 3. The van der Waals surface area contributed by atoms with Crippen molar-refractivity contribution in [1.82, 2.24) is 0 Å². The van der Waals surface area contributed by atoms with Gasteiger partial charge in [-0.1, -0.05) is 18.2 Å². The van der Waals surface area contributed by atoms with E-state index in [9.17, 15) is 14.3 Å². The van der Waals surface area contributed by atoms with E-state index in [1.165, 1.54) is 24.1 Å². The molecule has 0 heterocycles. The molecule has 2 rings (SSSR count). The zero-order valence-electron chi connectivity index (χ0n) is 11.0. The first-order valence-corrected chi connectivity index (χ1v) is 6.09. The zero-order valence-corrected chi connectivity index (χ0v) is 11.0. The van der Waals surface area contributed by atoms with Crippen LogP contribution in [0.15, 0.2) is 42.5 Å². The Hall–Kier alpha value is -2.40. The monoisotopic (exact) mass is 274 g/mol. The molecule has 2 aromatic carbocycles. The molecule has 5 heteroatoms. The predicted octanol–water partition coefficient (Wildman–Crippen LogP) is 2.27. The molecular weight excluding hydrogens is 259 g/mol. The summed E-state index contributed by atoms with van der Waals surface area (Å²) >= 11 is 0. The molecule has 3 N–H and O–H groups in total. The summed E-state index contributed by atoms with van der Waals surface area (Å²) in [7, 11) is 1.52. The second-order valence-corrected chi connectivity index (χ2v) is 4.37. The summed E-state index contributed by atoms with van der Waals surface area (Å²) in [4.78, 5) is 13.5. The van der Waals surface area contributed by atoms with Gasteiger partial charge in [0.15, 0.2) is 0 Å². The summed E-state index contributed by atoms with van der Waals surface area (Å²) in [6.07, 6.45) is 0. The van der Waals surface area contributed by atoms with E-state index in [0.29, 0.717) is 12.2 Å². The first kappa shape index (κ1) is 14.0. The fraction of sp³-hybridized carbons (Fsp3) is 0.133. The summed E-state index contributed by atoms with van der Waals surface area (Å²) in [5, 5.41) is 9.64. The number of amides is 1. The zero-order chi connectivity index (χ0) is 14.7. The number of carbonyl (C=O) groups excluding carboxylic acids is 1. The molecule has 0 saturated carbocycles. The van der Waals surface area contributed by atoms with Crippen LogP contribution in [0, 0.1) is 5.82 Å². The SMILES string of the molecule is CN(C(=O)c1c(O)cccc1F)c1ccc(CN)cc1. The average Bonchev–Trinajstić information content (AvgIpc) is 2.46. The Morgan fingerprint density at radius 1 is 1.25 bits per heavy atom. The number of nitrogens with two attached hydrogens (primary N) is 1. The molecule has 0 aliphatic carbocycles. The number of benzene rings is 2. The van der Waals surface area contributed by atoms with Crippen LogP contribution in [0.25, 0.3) is 0 Å². The van der Waals surface area contributed by atoms with Gasteiger partial charge in [-0.25, -0.2) is 4.39 Å². The Morgan fingerprint density at radius 2 is 1.90 bits per heavy atom. The predicted molar refractivity (Wildman–Crippen MR) is 75.1 cm³/mol. The quantitative estimate of drug-likeness (QED) is 0.902. The van der Waals surface area contributed by atoms with E-state index >= 15 is 0 Å². The molecule has 1 amide bonds. The number of nitrogens with zero attached hydrogens (tertiary/aromatic N) is 1. The van der Waals surface area contributed by atoms with Gasteiger partial charge in [0.25, 0.3) is 5.91 Å². The third kappa shape index (κ3) is 2.62. The number of anilines is 1. The lowest BCUT2D eigenvalue weighted by molar-refractivity contribution is 0.0986. The van der Waals surface area contributed by atoms with E-state index in [0.717, 1.165) is 11.6 Å². The highest BCUT2D eigenvalue weighted by atomic mass is 19.1. The van der Waals surface area contributed by atoms with E-state index in [1.54, 1.807) is 24.3 Å². The standard InChI is InChI=1S/C15H15FN2O2/c1-18(11-7-5-10(9-17)6-8-11)15(20)14-12(16)3-2-4-13(14)19/h2-8,19H,9,17H2,1H3. The van der Waals surface area contributed by atoms with Crippen molar-refractivity contribution in [2.24, 2.45) is 5.73 Å². The number of halogens is 1. The van der Waals surface area contributed by atoms with Crippen LogP contribution in [0.3, 0.4) is 0 Å². The van der Waals surface area contributed by atoms with Gasteiger partial charge in [-0.05, 0) is 29.8 Å². The van der Waals surface area contributed by atoms with Crippen molar-refractivity contribution in [3.63, 3.8) is 0 Å². The molecule has 0 aliphatic heterocycles. The third-order valence-corrected chi connectivity index (χ3v) is 3.07. The Balaban J connectivity index is 2.32. The molecule has 0 fully saturated rings. The van der Waals surface area contributed by atoms with Crippen molar-refractivity contribution in [1.29, 1.82) is 0 Å². The van der Waals surface area contributed by atoms with Crippen LogP contribution in [0.4, 0.5) is 10.1 Å². The molecule has 4 nitrogen and oxygen atoms in total. The van der Waals surface area contributed by atoms with Crippen LogP contribution in [0.2, 0.25) is 0 Å². The van der Waals surface area contributed by atoms with Crippen LogP contribution >= 0.6 is 0 Å². The van der Waals surface area contributed by atoms with E-state index in [1.807, 2.05) is 0 Å². The van der Waals surface area contributed by atoms with Crippen molar-refractivity contribution in [2.75, 3.05) is 11.9 Å². The van der Waals surface area contributed by atoms with Crippen molar-refractivity contribution in [2.45, 2.75) is 6.54 Å². The number of phenols is 1. The summed E-state index contributed by atoms with van der Waals surface area (Å²) in [5.41, 5.74) is 6.69. The summed E-state index contributed by atoms with van der Waals surface area (Å²) < 4.78 is 13.7. The van der Waals surface area contributed by atoms with Crippen LogP contribution in [-0.4, -0.2) is 18.1 Å². The maximum atomic E-state index is 13.7. The summed E-state index contributed by atoms with van der Waals surface area (Å²) in [5.74, 6) is -1.73. The Kier molecular flexibility index (Phi) is 4.00. The average molecular weight is 274 g/mol. The number of carbonyl (C=O) groups is 1. The number of hydrogen-bond donors (Lipinski definition) is 2. The lowest BCUT2D eigenvalue weighted by Crippen LogP contribution is -2.27. The van der Waals surface area contributed by atoms with Gasteiger partial charge in [-0.15, -0.1) is 0 Å². The van der Waals surface area contributed by atoms with Gasteiger partial charge in [0.1, 0.15) is 17.1 Å². The largest absolute Gasteiger partial charge is 0.507 e. The van der Waals surface area contributed by atoms with E-state index < -0.39 is 11.7 Å². The maximum Gasteiger partial charge on any atom is 0.264 e. The normalized spacial score (nSPS) is 10.3. The fourth-order valence-corrected chi connectivity index (χ4v) is 1.87. The molecule has 0 unspecified atom stereocenters. The fourth-order valence-electron chi connectivity index (χ4n) is 1.87. The van der Waals surface area contributed by atoms with Crippen LogP contribution < -0.4 is 10.6 Å². The van der Waals surface area contributed by atoms with Crippen LogP contribution in [0.1, 0.15) is 15.9 Å². The lowest BCUT2D eigenvalue weighted by atomic mass is 10.1. The lowest BCUT2D eigenvalue weighted by Gasteiger charge is -2.18. The molecule has 0 aliphatic rings. The molecule has 104 valence electrons. The second-order valence-electron chi connectivity index (χ2n) is 4.37. The summed E-state index contributed by atoms with van der Waals surface area (Å²) in [6.45, 7) is 0.409. The molecule has 20 heavy (non-hydrogen) atoms. The van der Waals surface area contributed by atoms with Gasteiger partial charge in [0.2, 0.25) is 0 Å². The first-order chi connectivity index (χ1) is 9.54. The first-order valence-electron chi connectivity index (χ1n) is 6.09. The molecular formula is C15H15FN2O2. The molecule has 0 aromatic heterocycles. The minimum Gasteiger partial charge on any atom is -0.507 e. The van der Waals surface area contributed by atoms with Gasteiger partial charge >= 0.3 is 0 Å². The molecule has 0 atom stereocenters. The molecule has 0 radical (unpaired) electrons. The van der Waals surface area contributed by atoms with Gasteiger partial charge in [-0.2, -0.15) is 0 Å². The molecule has 2 aromatic rings. The van der Waals surface area contributed by atoms with Gasteiger partial charge in [0, 0.05) is 19.3 Å². The topological polar surface area (TPSA) is 66.6 Å². The minimum atomic E-state index is -0.750. The Bertz CT molecular complexity index is 606. The molecule has 0 spiro atoms. The Morgan fingerprint density at radius 3 is 2.45 bits per heavy atom. The number of aromatic hydroxyl groups is 1. The third-order valence-electron chi connectivity index (χ3n) is 3.07. The number of rotatable bonds is 3. The van der Waals surface area contributed by atoms with E-state index in [4.69, 9.17) is 5.73 Å². The van der Waals surface area contributed by atoms with Crippen molar-refractivity contribution >= 4 is 11.6 Å². The number of phenolic OH excluding ortho intramolecular Hbond substituents is 1. The van der Waals surface area contributed by atoms with Crippen LogP contribution in [0.5, 0.6) is 5.75 Å². The highest BCUT2D eigenvalue weighted by Gasteiger charge is 2.21. The highest BCUT2D eigenvalue weighted by Crippen LogP contribution is 2.24. The van der Waals surface area contributed by atoms with Gasteiger partial charge in [-0.3, -0.25) is 4.79 Å². The van der Waals surface area contributed by atoms with Gasteiger partial charge in [0.05, 0.1) is 0 Å². The smallest absolute Gasteiger partial charge is 0.264 e. The molecule has 0 bridgehead atoms. The van der Waals surface area contributed by atoms with E-state index in [2.05, 4.69) is 0 Å². The van der Waals surface area contributed by atoms with Crippen LogP contribution in [-0.2, 0) is 6.54 Å². The van der Waals surface area contributed by atoms with Crippen molar-refractivity contribution in [3.8, 4) is 5.75 Å². The maximum absolute atomic E-state index is 13.7. The van der Waals surface area contributed by atoms with E-state index in [-0.39, 0.29) is 11.3 Å². The Labute approximate surface area is 116 Å². The summed E-state index contributed by atoms with van der Waals surface area (Å²) in [6, 6.07) is 10.8. The minimum absolute atomic E-state index is 0.335. The van der Waals surface area contributed by atoms with Gasteiger partial charge < -0.3 is 15.7 Å². The van der Waals surface area contributed by atoms with Crippen molar-refractivity contribution < 1.29 is 14.3 Å².